The van der Waals surface area contributed by atoms with Crippen molar-refractivity contribution < 1.29 is 39.9 Å². The molecule has 2 aromatic heterocycles. The number of rotatable bonds is 8. The number of hydrogen-bond acceptors (Lipinski definition) is 7. The van der Waals surface area contributed by atoms with Gasteiger partial charge in [0.05, 0.1) is 22.8 Å². The van der Waals surface area contributed by atoms with Gasteiger partial charge < -0.3 is 20.7 Å². The topological polar surface area (TPSA) is 89.2 Å². The fraction of sp³-hybridized carbons (Fsp3) is 0.346. The van der Waals surface area contributed by atoms with Gasteiger partial charge in [-0.2, -0.15) is 26.3 Å². The Morgan fingerprint density at radius 2 is 1.67 bits per heavy atom. The first-order valence-corrected chi connectivity index (χ1v) is 13.0. The lowest BCUT2D eigenvalue weighted by Crippen LogP contribution is -2.36. The number of ether oxygens (including phenoxy) is 1. The summed E-state index contributed by atoms with van der Waals surface area (Å²) in [4.78, 5) is 13.1. The fourth-order valence-electron chi connectivity index (χ4n) is 4.48. The fourth-order valence-corrected chi connectivity index (χ4v) is 4.79. The number of piperidine rings is 1. The number of benzene rings is 1. The van der Waals surface area contributed by atoms with Crippen LogP contribution in [0, 0.1) is 5.82 Å². The van der Waals surface area contributed by atoms with Crippen molar-refractivity contribution in [2.75, 3.05) is 30.7 Å². The molecule has 3 N–H and O–H groups in total. The monoisotopic (exact) mass is 620 g/mol. The Morgan fingerprint density at radius 1 is 1.00 bits per heavy atom. The molecule has 2 atom stereocenters. The van der Waals surface area contributed by atoms with E-state index in [1.54, 1.807) is 4.90 Å². The van der Waals surface area contributed by atoms with Crippen molar-refractivity contribution in [1.82, 2.24) is 19.9 Å². The molecular formula is C26H25F8N6OP. The molecule has 0 saturated carbocycles. The number of nitrogens with one attached hydrogen (secondary N) is 1. The lowest BCUT2D eigenvalue weighted by Gasteiger charge is -2.36. The first kappa shape index (κ1) is 31.2. The molecule has 0 radical (unpaired) electrons. The normalized spacial score (nSPS) is 16.2. The zero-order valence-corrected chi connectivity index (χ0v) is 22.9. The van der Waals surface area contributed by atoms with Gasteiger partial charge in [-0.05, 0) is 31.0 Å². The molecule has 7 nitrogen and oxygen atoms in total. The molecule has 42 heavy (non-hydrogen) atoms. The number of alkyl halides is 7. The zero-order chi connectivity index (χ0) is 30.9. The van der Waals surface area contributed by atoms with Crippen LogP contribution in [0.4, 0.5) is 46.8 Å². The number of anilines is 2. The Morgan fingerprint density at radius 3 is 2.31 bits per heavy atom. The van der Waals surface area contributed by atoms with Crippen LogP contribution in [0.2, 0.25) is 0 Å². The van der Waals surface area contributed by atoms with Crippen LogP contribution in [0.1, 0.15) is 41.3 Å². The van der Waals surface area contributed by atoms with Crippen LogP contribution >= 0.6 is 9.24 Å². The summed E-state index contributed by atoms with van der Waals surface area (Å²) >= 11 is 0. The third kappa shape index (κ3) is 7.18. The van der Waals surface area contributed by atoms with E-state index in [1.165, 1.54) is 0 Å². The third-order valence-corrected chi connectivity index (χ3v) is 7.06. The molecular weight excluding hydrogens is 595 g/mol. The summed E-state index contributed by atoms with van der Waals surface area (Å²) in [6.45, 7) is 3.51. The molecule has 0 aliphatic carbocycles. The molecule has 226 valence electrons. The number of hydrogen-bond donors (Lipinski definition) is 2. The molecule has 0 bridgehead atoms. The molecule has 1 aliphatic heterocycles. The Balaban J connectivity index is 1.46. The van der Waals surface area contributed by atoms with Crippen molar-refractivity contribution in [1.29, 1.82) is 0 Å². The highest BCUT2D eigenvalue weighted by atomic mass is 31.0. The smallest absolute Gasteiger partial charge is 0.433 e. The minimum Gasteiger partial charge on any atom is -0.473 e. The van der Waals surface area contributed by atoms with Gasteiger partial charge in [0, 0.05) is 36.8 Å². The summed E-state index contributed by atoms with van der Waals surface area (Å²) in [6, 6.07) is 5.61. The average Bonchev–Trinajstić information content (AvgIpc) is 2.92. The van der Waals surface area contributed by atoms with E-state index in [2.05, 4.69) is 26.8 Å². The lowest BCUT2D eigenvalue weighted by atomic mass is 9.89. The van der Waals surface area contributed by atoms with E-state index in [1.807, 2.05) is 9.24 Å². The number of nitrogens with two attached hydrogens (primary N) is 1. The molecule has 1 aromatic carbocycles. The predicted molar refractivity (Wildman–Crippen MR) is 141 cm³/mol. The third-order valence-electron chi connectivity index (χ3n) is 6.58. The van der Waals surface area contributed by atoms with E-state index in [4.69, 9.17) is 10.5 Å². The van der Waals surface area contributed by atoms with Crippen molar-refractivity contribution >= 4 is 20.9 Å². The Kier molecular flexibility index (Phi) is 8.81. The first-order chi connectivity index (χ1) is 19.6. The highest BCUT2D eigenvalue weighted by molar-refractivity contribution is 7.18. The second-order valence-electron chi connectivity index (χ2n) is 9.53. The maximum Gasteiger partial charge on any atom is 0.433 e. The summed E-state index contributed by atoms with van der Waals surface area (Å²) in [5.41, 5.74) is 2.86. The number of nitrogens with zero attached hydrogens (tertiary/aromatic N) is 4. The second-order valence-corrected chi connectivity index (χ2v) is 10.4. The standard InChI is InChI=1S/C26H25F8N6OP/c1-14(37-22-16(25(29,30)31)4-2-5-18(22)27)40-10-8-15(9-11-40)21-17(12-36-23(35)39-21)24(28,42)13-41-20-7-3-6-19(38-20)26(32,33)34/h2-7,12,15,37H,1,8-11,13,42H2,(H2,35,36,39). The quantitative estimate of drug-likeness (QED) is 0.221. The Hall–Kier alpha value is -3.74. The lowest BCUT2D eigenvalue weighted by molar-refractivity contribution is -0.141. The highest BCUT2D eigenvalue weighted by Gasteiger charge is 2.38. The van der Waals surface area contributed by atoms with E-state index >= 15 is 4.39 Å². The van der Waals surface area contributed by atoms with Crippen LogP contribution in [0.3, 0.4) is 0 Å². The molecule has 1 saturated heterocycles. The van der Waals surface area contributed by atoms with Crippen molar-refractivity contribution in [3.63, 3.8) is 0 Å². The van der Waals surface area contributed by atoms with Crippen molar-refractivity contribution in [3.8, 4) is 5.88 Å². The first-order valence-electron chi connectivity index (χ1n) is 12.4. The van der Waals surface area contributed by atoms with Gasteiger partial charge in [-0.1, -0.05) is 28.0 Å². The van der Waals surface area contributed by atoms with Gasteiger partial charge in [0.2, 0.25) is 11.8 Å². The maximum absolute atomic E-state index is 15.9. The van der Waals surface area contributed by atoms with Crippen LogP contribution in [-0.2, 0) is 17.8 Å². The van der Waals surface area contributed by atoms with Gasteiger partial charge in [-0.25, -0.2) is 23.7 Å². The van der Waals surface area contributed by atoms with Crippen molar-refractivity contribution in [2.24, 2.45) is 0 Å². The maximum atomic E-state index is 15.9. The van der Waals surface area contributed by atoms with Gasteiger partial charge >= 0.3 is 12.4 Å². The molecule has 3 heterocycles. The highest BCUT2D eigenvalue weighted by Crippen LogP contribution is 2.41. The summed E-state index contributed by atoms with van der Waals surface area (Å²) in [6.07, 6.45) is -7.67. The molecule has 0 spiro atoms. The van der Waals surface area contributed by atoms with Crippen molar-refractivity contribution in [2.45, 2.75) is 36.5 Å². The Labute approximate surface area is 237 Å². The SMILES string of the molecule is C=C(Nc1c(F)cccc1C(F)(F)F)N1CCC(c2nc(N)ncc2C(F)(P)COc2cccc(C(F)(F)F)n2)CC1. The van der Waals surface area contributed by atoms with Gasteiger partial charge in [0.15, 0.2) is 5.41 Å². The van der Waals surface area contributed by atoms with Crippen LogP contribution in [0.15, 0.2) is 55.0 Å². The number of halogens is 8. The molecule has 2 unspecified atom stereocenters. The van der Waals surface area contributed by atoms with Crippen LogP contribution in [-0.4, -0.2) is 39.5 Å². The molecule has 3 aromatic rings. The molecule has 16 heteroatoms. The minimum absolute atomic E-state index is 0.0229. The van der Waals surface area contributed by atoms with E-state index in [0.29, 0.717) is 12.8 Å². The molecule has 1 fully saturated rings. The second kappa shape index (κ2) is 11.9. The van der Waals surface area contributed by atoms with E-state index in [9.17, 15) is 30.7 Å². The van der Waals surface area contributed by atoms with Crippen molar-refractivity contribution in [3.05, 3.63) is 83.3 Å². The average molecular weight is 620 g/mol. The van der Waals surface area contributed by atoms with Crippen LogP contribution in [0.5, 0.6) is 5.88 Å². The summed E-state index contributed by atoms with van der Waals surface area (Å²) < 4.78 is 115. The number of likely N-dealkylation sites (tertiary alicyclic amines) is 1. The number of pyridine rings is 1. The largest absolute Gasteiger partial charge is 0.473 e. The van der Waals surface area contributed by atoms with Gasteiger partial charge in [0.25, 0.3) is 0 Å². The predicted octanol–water partition coefficient (Wildman–Crippen LogP) is 6.47. The Bertz CT molecular complexity index is 1440. The summed E-state index contributed by atoms with van der Waals surface area (Å²) in [5, 5.41) is 0.0874. The number of aromatic nitrogens is 3. The van der Waals surface area contributed by atoms with E-state index < -0.39 is 53.0 Å². The number of nitrogen functional groups attached to an aromatic ring is 1. The van der Waals surface area contributed by atoms with E-state index in [-0.39, 0.29) is 42.0 Å². The molecule has 1 aliphatic rings. The minimum atomic E-state index is -4.79. The summed E-state index contributed by atoms with van der Waals surface area (Å²) in [5.74, 6) is -2.00. The van der Waals surface area contributed by atoms with Gasteiger partial charge in [0.1, 0.15) is 18.1 Å². The summed E-state index contributed by atoms with van der Waals surface area (Å²) in [7, 11) is 1.94. The van der Waals surface area contributed by atoms with E-state index in [0.717, 1.165) is 42.6 Å². The van der Waals surface area contributed by atoms with Gasteiger partial charge in [-0.3, -0.25) is 0 Å². The van der Waals surface area contributed by atoms with Crippen LogP contribution in [0.25, 0.3) is 0 Å². The molecule has 4 rings (SSSR count). The van der Waals surface area contributed by atoms with Crippen LogP contribution < -0.4 is 15.8 Å². The van der Waals surface area contributed by atoms with Gasteiger partial charge in [-0.15, -0.1) is 0 Å². The molecule has 0 amide bonds. The zero-order valence-electron chi connectivity index (χ0n) is 21.7. The number of para-hydroxylation sites is 1.